The standard InChI is InChI=1S/C12H15N3O2S/c1-15(8-7-11-5-3-2-4-6-11)18(16,17)12-9-13-14-10-12/h2-6,9-10H,7-8H2,1H3,(H,13,14). The summed E-state index contributed by atoms with van der Waals surface area (Å²) in [6.45, 7) is 0.442. The third-order valence-corrected chi connectivity index (χ3v) is 4.56. The van der Waals surface area contributed by atoms with E-state index >= 15 is 0 Å². The van der Waals surface area contributed by atoms with E-state index < -0.39 is 10.0 Å². The topological polar surface area (TPSA) is 66.1 Å². The summed E-state index contributed by atoms with van der Waals surface area (Å²) in [5, 5.41) is 6.17. The quantitative estimate of drug-likeness (QED) is 0.885. The van der Waals surface area contributed by atoms with Crippen molar-refractivity contribution in [1.29, 1.82) is 0 Å². The summed E-state index contributed by atoms with van der Waals surface area (Å²) in [7, 11) is -1.85. The van der Waals surface area contributed by atoms with Gasteiger partial charge in [0, 0.05) is 19.8 Å². The minimum atomic E-state index is -3.43. The van der Waals surface area contributed by atoms with Crippen LogP contribution in [0.4, 0.5) is 0 Å². The van der Waals surface area contributed by atoms with Gasteiger partial charge < -0.3 is 0 Å². The predicted octanol–water partition coefficient (Wildman–Crippen LogP) is 1.27. The molecular weight excluding hydrogens is 250 g/mol. The second-order valence-electron chi connectivity index (χ2n) is 4.00. The number of hydrogen-bond acceptors (Lipinski definition) is 3. The van der Waals surface area contributed by atoms with Gasteiger partial charge in [0.1, 0.15) is 4.90 Å². The summed E-state index contributed by atoms with van der Waals surface area (Å²) in [4.78, 5) is 0.193. The number of hydrogen-bond donors (Lipinski definition) is 1. The Labute approximate surface area is 107 Å². The molecule has 0 fully saturated rings. The van der Waals surface area contributed by atoms with Crippen molar-refractivity contribution in [3.05, 3.63) is 48.3 Å². The Bertz CT molecular complexity index is 579. The number of nitrogens with zero attached hydrogens (tertiary/aromatic N) is 2. The lowest BCUT2D eigenvalue weighted by Gasteiger charge is -2.15. The van der Waals surface area contributed by atoms with Crippen LogP contribution in [0.25, 0.3) is 0 Å². The van der Waals surface area contributed by atoms with Crippen molar-refractivity contribution in [3.8, 4) is 0 Å². The van der Waals surface area contributed by atoms with E-state index in [0.717, 1.165) is 5.56 Å². The van der Waals surface area contributed by atoms with Crippen molar-refractivity contribution in [2.75, 3.05) is 13.6 Å². The minimum absolute atomic E-state index is 0.193. The van der Waals surface area contributed by atoms with Crippen molar-refractivity contribution in [1.82, 2.24) is 14.5 Å². The first-order valence-corrected chi connectivity index (χ1v) is 7.04. The molecule has 1 N–H and O–H groups in total. The Kier molecular flexibility index (Phi) is 3.78. The molecule has 0 saturated heterocycles. The van der Waals surface area contributed by atoms with Crippen LogP contribution in [0.2, 0.25) is 0 Å². The molecule has 2 aromatic rings. The Balaban J connectivity index is 2.03. The van der Waals surface area contributed by atoms with Crippen LogP contribution in [0.3, 0.4) is 0 Å². The van der Waals surface area contributed by atoms with Crippen LogP contribution < -0.4 is 0 Å². The maximum absolute atomic E-state index is 12.1. The molecule has 0 radical (unpaired) electrons. The highest BCUT2D eigenvalue weighted by Crippen LogP contribution is 2.12. The lowest BCUT2D eigenvalue weighted by atomic mass is 10.2. The molecule has 0 bridgehead atoms. The number of benzene rings is 1. The van der Waals surface area contributed by atoms with Crippen LogP contribution in [0.1, 0.15) is 5.56 Å². The molecule has 1 heterocycles. The molecule has 0 aliphatic carbocycles. The molecule has 96 valence electrons. The number of H-pyrrole nitrogens is 1. The summed E-state index contributed by atoms with van der Waals surface area (Å²) in [5.74, 6) is 0. The lowest BCUT2D eigenvalue weighted by Crippen LogP contribution is -2.28. The molecule has 2 rings (SSSR count). The van der Waals surface area contributed by atoms with Gasteiger partial charge in [-0.1, -0.05) is 30.3 Å². The number of aromatic amines is 1. The molecule has 1 aromatic heterocycles. The zero-order valence-corrected chi connectivity index (χ0v) is 10.9. The molecule has 0 aliphatic heterocycles. The van der Waals surface area contributed by atoms with Gasteiger partial charge in [-0.05, 0) is 12.0 Å². The number of likely N-dealkylation sites (N-methyl/N-ethyl adjacent to an activating group) is 1. The average molecular weight is 265 g/mol. The highest BCUT2D eigenvalue weighted by molar-refractivity contribution is 7.89. The normalized spacial score (nSPS) is 11.9. The van der Waals surface area contributed by atoms with Crippen molar-refractivity contribution < 1.29 is 8.42 Å². The second kappa shape index (κ2) is 5.32. The summed E-state index contributed by atoms with van der Waals surface area (Å²) in [6, 6.07) is 9.80. The molecule has 5 nitrogen and oxygen atoms in total. The Hall–Kier alpha value is -1.66. The van der Waals surface area contributed by atoms with Crippen molar-refractivity contribution in [2.45, 2.75) is 11.3 Å². The molecule has 1 aromatic carbocycles. The molecule has 0 saturated carbocycles. The van der Waals surface area contributed by atoms with Gasteiger partial charge in [0.05, 0.1) is 6.20 Å². The lowest BCUT2D eigenvalue weighted by molar-refractivity contribution is 0.472. The molecule has 18 heavy (non-hydrogen) atoms. The average Bonchev–Trinajstić information content (AvgIpc) is 2.91. The first kappa shape index (κ1) is 12.8. The third-order valence-electron chi connectivity index (χ3n) is 2.74. The van der Waals surface area contributed by atoms with Crippen LogP contribution in [0.15, 0.2) is 47.6 Å². The number of nitrogens with one attached hydrogen (secondary N) is 1. The van der Waals surface area contributed by atoms with E-state index in [0.29, 0.717) is 13.0 Å². The van der Waals surface area contributed by atoms with Gasteiger partial charge in [0.15, 0.2) is 0 Å². The van der Waals surface area contributed by atoms with Crippen LogP contribution in [0, 0.1) is 0 Å². The SMILES string of the molecule is CN(CCc1ccccc1)S(=O)(=O)c1cn[nH]c1. The van der Waals surface area contributed by atoms with Gasteiger partial charge >= 0.3 is 0 Å². The number of rotatable bonds is 5. The maximum atomic E-state index is 12.1. The Morgan fingerprint density at radius 2 is 2.00 bits per heavy atom. The largest absolute Gasteiger partial charge is 0.284 e. The fraction of sp³-hybridized carbons (Fsp3) is 0.250. The molecule has 0 unspecified atom stereocenters. The summed E-state index contributed by atoms with van der Waals surface area (Å²) in [6.07, 6.45) is 3.39. The maximum Gasteiger partial charge on any atom is 0.245 e. The predicted molar refractivity (Wildman–Crippen MR) is 68.5 cm³/mol. The van der Waals surface area contributed by atoms with E-state index in [4.69, 9.17) is 0 Å². The van der Waals surface area contributed by atoms with Gasteiger partial charge in [-0.2, -0.15) is 5.10 Å². The van der Waals surface area contributed by atoms with Crippen molar-refractivity contribution in [2.24, 2.45) is 0 Å². The second-order valence-corrected chi connectivity index (χ2v) is 6.04. The van der Waals surface area contributed by atoms with Crippen LogP contribution >= 0.6 is 0 Å². The highest BCUT2D eigenvalue weighted by Gasteiger charge is 2.21. The highest BCUT2D eigenvalue weighted by atomic mass is 32.2. The Morgan fingerprint density at radius 3 is 2.61 bits per heavy atom. The van der Waals surface area contributed by atoms with E-state index in [2.05, 4.69) is 10.2 Å². The first-order valence-electron chi connectivity index (χ1n) is 5.60. The van der Waals surface area contributed by atoms with Crippen LogP contribution in [-0.2, 0) is 16.4 Å². The fourth-order valence-corrected chi connectivity index (χ4v) is 2.69. The van der Waals surface area contributed by atoms with Gasteiger partial charge in [0.2, 0.25) is 10.0 Å². The third kappa shape index (κ3) is 2.77. The summed E-state index contributed by atoms with van der Waals surface area (Å²) >= 11 is 0. The smallest absolute Gasteiger partial charge is 0.245 e. The van der Waals surface area contributed by atoms with Gasteiger partial charge in [-0.25, -0.2) is 12.7 Å². The van der Waals surface area contributed by atoms with E-state index in [1.807, 2.05) is 30.3 Å². The van der Waals surface area contributed by atoms with E-state index in [9.17, 15) is 8.42 Å². The van der Waals surface area contributed by atoms with E-state index in [1.165, 1.54) is 16.7 Å². The molecule has 0 amide bonds. The molecule has 6 heteroatoms. The van der Waals surface area contributed by atoms with Gasteiger partial charge in [0.25, 0.3) is 0 Å². The summed E-state index contributed by atoms with van der Waals surface area (Å²) in [5.41, 5.74) is 1.12. The van der Waals surface area contributed by atoms with E-state index in [-0.39, 0.29) is 4.90 Å². The monoisotopic (exact) mass is 265 g/mol. The Morgan fingerprint density at radius 1 is 1.28 bits per heavy atom. The number of sulfonamides is 1. The van der Waals surface area contributed by atoms with Crippen molar-refractivity contribution in [3.63, 3.8) is 0 Å². The fourth-order valence-electron chi connectivity index (χ4n) is 1.61. The first-order chi connectivity index (χ1) is 8.60. The van der Waals surface area contributed by atoms with Gasteiger partial charge in [-0.15, -0.1) is 0 Å². The molecule has 0 spiro atoms. The van der Waals surface area contributed by atoms with Gasteiger partial charge in [-0.3, -0.25) is 5.10 Å². The summed E-state index contributed by atoms with van der Waals surface area (Å²) < 4.78 is 25.5. The number of aromatic nitrogens is 2. The zero-order chi connectivity index (χ0) is 13.0. The molecule has 0 atom stereocenters. The molecule has 0 aliphatic rings. The van der Waals surface area contributed by atoms with Crippen LogP contribution in [0.5, 0.6) is 0 Å². The molecular formula is C12H15N3O2S. The minimum Gasteiger partial charge on any atom is -0.284 e. The zero-order valence-electron chi connectivity index (χ0n) is 10.1. The van der Waals surface area contributed by atoms with Crippen LogP contribution in [-0.4, -0.2) is 36.5 Å². The van der Waals surface area contributed by atoms with E-state index in [1.54, 1.807) is 7.05 Å². The van der Waals surface area contributed by atoms with Crippen molar-refractivity contribution >= 4 is 10.0 Å².